The van der Waals surface area contributed by atoms with Gasteiger partial charge in [0.05, 0.1) is 12.1 Å². The van der Waals surface area contributed by atoms with Crippen molar-refractivity contribution >= 4 is 17.5 Å². The molecule has 26 heavy (non-hydrogen) atoms. The van der Waals surface area contributed by atoms with Gasteiger partial charge in [0.1, 0.15) is 0 Å². The van der Waals surface area contributed by atoms with Gasteiger partial charge in [-0.25, -0.2) is 0 Å². The van der Waals surface area contributed by atoms with E-state index in [0.717, 1.165) is 24.9 Å². The summed E-state index contributed by atoms with van der Waals surface area (Å²) < 4.78 is 1.76. The molecule has 2 aromatic rings. The monoisotopic (exact) mass is 353 g/mol. The highest BCUT2D eigenvalue weighted by Crippen LogP contribution is 2.29. The van der Waals surface area contributed by atoms with Gasteiger partial charge >= 0.3 is 0 Å². The van der Waals surface area contributed by atoms with E-state index in [1.807, 2.05) is 19.4 Å². The molecule has 1 aromatic heterocycles. The Morgan fingerprint density at radius 2 is 1.96 bits per heavy atom. The Morgan fingerprint density at radius 3 is 2.62 bits per heavy atom. The van der Waals surface area contributed by atoms with E-state index in [1.54, 1.807) is 28.9 Å². The van der Waals surface area contributed by atoms with Crippen LogP contribution in [0.1, 0.15) is 34.7 Å². The third-order valence-corrected chi connectivity index (χ3v) is 5.03. The highest BCUT2D eigenvalue weighted by Gasteiger charge is 2.34. The van der Waals surface area contributed by atoms with Crippen LogP contribution in [0.15, 0.2) is 36.7 Å². The fourth-order valence-electron chi connectivity index (χ4n) is 3.37. The number of benzene rings is 1. The minimum absolute atomic E-state index is 0.0148. The van der Waals surface area contributed by atoms with Crippen molar-refractivity contribution in [3.8, 4) is 0 Å². The van der Waals surface area contributed by atoms with Crippen molar-refractivity contribution in [2.45, 2.75) is 24.8 Å². The summed E-state index contributed by atoms with van der Waals surface area (Å²) >= 11 is 0. The van der Waals surface area contributed by atoms with Crippen LogP contribution in [0.3, 0.4) is 0 Å². The van der Waals surface area contributed by atoms with Crippen molar-refractivity contribution in [1.29, 1.82) is 0 Å². The predicted octanol–water partition coefficient (Wildman–Crippen LogP) is 1.25. The van der Waals surface area contributed by atoms with E-state index in [4.69, 9.17) is 0 Å². The van der Waals surface area contributed by atoms with Crippen LogP contribution in [0.2, 0.25) is 0 Å². The normalized spacial score (nSPS) is 22.2. The molecule has 1 saturated carbocycles. The lowest BCUT2D eigenvalue weighted by atomic mass is 9.90. The molecule has 2 amide bonds. The number of carbonyl (C=O) groups is 2. The maximum Gasteiger partial charge on any atom is 0.251 e. The molecule has 3 N–H and O–H groups in total. The highest BCUT2D eigenvalue weighted by atomic mass is 16.2. The van der Waals surface area contributed by atoms with Gasteiger partial charge in [0.15, 0.2) is 0 Å². The summed E-state index contributed by atoms with van der Waals surface area (Å²) in [7, 11) is 1.88. The van der Waals surface area contributed by atoms with Gasteiger partial charge in [-0.05, 0) is 42.7 Å². The molecule has 2 atom stereocenters. The molecule has 0 spiro atoms. The lowest BCUT2D eigenvalue weighted by Crippen LogP contribution is -2.28. The van der Waals surface area contributed by atoms with E-state index in [9.17, 15) is 9.59 Å². The zero-order valence-electron chi connectivity index (χ0n) is 14.7. The molecule has 2 heterocycles. The second-order valence-corrected chi connectivity index (χ2v) is 7.13. The Hall–Kier alpha value is -2.67. The number of carbonyl (C=O) groups excluding carboxylic acids is 2. The van der Waals surface area contributed by atoms with E-state index >= 15 is 0 Å². The van der Waals surface area contributed by atoms with Crippen molar-refractivity contribution in [2.24, 2.45) is 13.0 Å². The lowest BCUT2D eigenvalue weighted by molar-refractivity contribution is -0.119. The zero-order valence-corrected chi connectivity index (χ0v) is 14.7. The molecule has 0 bridgehead atoms. The van der Waals surface area contributed by atoms with Gasteiger partial charge < -0.3 is 16.0 Å². The Labute approximate surface area is 152 Å². The van der Waals surface area contributed by atoms with E-state index in [1.165, 1.54) is 0 Å². The summed E-state index contributed by atoms with van der Waals surface area (Å²) in [6, 6.07) is 7.39. The molecule has 1 aliphatic heterocycles. The molecule has 2 fully saturated rings. The minimum Gasteiger partial charge on any atom is -0.349 e. The summed E-state index contributed by atoms with van der Waals surface area (Å²) in [4.78, 5) is 24.7. The largest absolute Gasteiger partial charge is 0.349 e. The van der Waals surface area contributed by atoms with Gasteiger partial charge in [-0.1, -0.05) is 0 Å². The van der Waals surface area contributed by atoms with Crippen molar-refractivity contribution < 1.29 is 9.59 Å². The molecule has 1 aliphatic carbocycles. The van der Waals surface area contributed by atoms with Gasteiger partial charge in [-0.3, -0.25) is 14.3 Å². The number of rotatable bonds is 5. The third-order valence-electron chi connectivity index (χ3n) is 5.03. The van der Waals surface area contributed by atoms with Crippen LogP contribution >= 0.6 is 0 Å². The van der Waals surface area contributed by atoms with Crippen molar-refractivity contribution in [3.63, 3.8) is 0 Å². The third kappa shape index (κ3) is 3.62. The van der Waals surface area contributed by atoms with Gasteiger partial charge in [0.25, 0.3) is 5.91 Å². The average molecular weight is 353 g/mol. The van der Waals surface area contributed by atoms with Crippen LogP contribution in [0, 0.1) is 5.92 Å². The Morgan fingerprint density at radius 1 is 1.19 bits per heavy atom. The van der Waals surface area contributed by atoms with Gasteiger partial charge in [-0.15, -0.1) is 0 Å². The number of nitrogens with one attached hydrogen (secondary N) is 3. The van der Waals surface area contributed by atoms with Crippen LogP contribution in [-0.4, -0.2) is 40.7 Å². The number of hydrogen-bond donors (Lipinski definition) is 3. The first-order valence-electron chi connectivity index (χ1n) is 9.01. The highest BCUT2D eigenvalue weighted by molar-refractivity contribution is 5.96. The van der Waals surface area contributed by atoms with E-state index in [-0.39, 0.29) is 23.7 Å². The molecule has 7 heteroatoms. The molecular formula is C19H23N5O2. The minimum atomic E-state index is -0.142. The molecule has 2 aliphatic rings. The van der Waals surface area contributed by atoms with Crippen LogP contribution in [0.25, 0.3) is 0 Å². The predicted molar refractivity (Wildman–Crippen MR) is 97.9 cm³/mol. The molecule has 4 rings (SSSR count). The first kappa shape index (κ1) is 16.8. The van der Waals surface area contributed by atoms with E-state index in [0.29, 0.717) is 23.8 Å². The maximum atomic E-state index is 12.7. The number of aromatic nitrogens is 2. The number of hydrogen-bond acceptors (Lipinski definition) is 4. The molecule has 0 radical (unpaired) electrons. The van der Waals surface area contributed by atoms with Crippen LogP contribution in [0.4, 0.5) is 5.69 Å². The van der Waals surface area contributed by atoms with E-state index < -0.39 is 0 Å². The molecule has 7 nitrogen and oxygen atoms in total. The first-order chi connectivity index (χ1) is 12.6. The second-order valence-electron chi connectivity index (χ2n) is 7.13. The first-order valence-corrected chi connectivity index (χ1v) is 9.01. The van der Waals surface area contributed by atoms with Gasteiger partial charge in [-0.2, -0.15) is 5.10 Å². The fourth-order valence-corrected chi connectivity index (χ4v) is 3.37. The molecule has 1 aromatic carbocycles. The SMILES string of the molecule is Cn1cc([C@H]2CNC[C@@H]2C(=O)Nc2ccc(C(=O)NC3CC3)cc2)cn1. The summed E-state index contributed by atoms with van der Waals surface area (Å²) in [5.41, 5.74) is 2.39. The second kappa shape index (κ2) is 6.92. The van der Waals surface area contributed by atoms with Crippen molar-refractivity contribution in [2.75, 3.05) is 18.4 Å². The van der Waals surface area contributed by atoms with Crippen LogP contribution < -0.4 is 16.0 Å². The Balaban J connectivity index is 1.39. The van der Waals surface area contributed by atoms with Crippen molar-refractivity contribution in [1.82, 2.24) is 20.4 Å². The number of amides is 2. The Bertz CT molecular complexity index is 810. The topological polar surface area (TPSA) is 88.0 Å². The number of nitrogens with zero attached hydrogens (tertiary/aromatic N) is 2. The summed E-state index contributed by atoms with van der Waals surface area (Å²) in [5.74, 6) is -0.0922. The Kier molecular flexibility index (Phi) is 4.46. The molecule has 0 unspecified atom stereocenters. The van der Waals surface area contributed by atoms with E-state index in [2.05, 4.69) is 21.0 Å². The number of aryl methyl sites for hydroxylation is 1. The van der Waals surface area contributed by atoms with Gasteiger partial charge in [0.2, 0.25) is 5.91 Å². The molecule has 136 valence electrons. The van der Waals surface area contributed by atoms with Crippen LogP contribution in [-0.2, 0) is 11.8 Å². The standard InChI is InChI=1S/C19H23N5O2/c1-24-11-13(8-21-24)16-9-20-10-17(16)19(26)23-14-4-2-12(3-5-14)18(25)22-15-6-7-15/h2-5,8,11,15-17,20H,6-7,9-10H2,1H3,(H,22,25)(H,23,26)/t16-,17+/m1/s1. The fraction of sp³-hybridized carbons (Fsp3) is 0.421. The quantitative estimate of drug-likeness (QED) is 0.755. The summed E-state index contributed by atoms with van der Waals surface area (Å²) in [6.07, 6.45) is 5.91. The summed E-state index contributed by atoms with van der Waals surface area (Å²) in [6.45, 7) is 1.41. The van der Waals surface area contributed by atoms with Crippen LogP contribution in [0.5, 0.6) is 0 Å². The molecule has 1 saturated heterocycles. The maximum absolute atomic E-state index is 12.7. The average Bonchev–Trinajstić information content (AvgIpc) is 3.13. The number of anilines is 1. The lowest BCUT2D eigenvalue weighted by Gasteiger charge is -2.17. The van der Waals surface area contributed by atoms with Crippen molar-refractivity contribution in [3.05, 3.63) is 47.8 Å². The summed E-state index contributed by atoms with van der Waals surface area (Å²) in [5, 5.41) is 13.4. The smallest absolute Gasteiger partial charge is 0.251 e. The molecular weight excluding hydrogens is 330 g/mol. The zero-order chi connectivity index (χ0) is 18.1. The van der Waals surface area contributed by atoms with Gasteiger partial charge in [0, 0.05) is 49.5 Å².